The Morgan fingerprint density at radius 2 is 1.90 bits per heavy atom. The second-order valence-electron chi connectivity index (χ2n) is 7.01. The zero-order chi connectivity index (χ0) is 21.4. The van der Waals surface area contributed by atoms with Gasteiger partial charge in [0.1, 0.15) is 10.8 Å². The Bertz CT molecular complexity index is 850. The number of Topliss-reactive ketones (excluding diaryl/α,β-unsaturated/α-hetero) is 1. The van der Waals surface area contributed by atoms with Gasteiger partial charge < -0.3 is 14.6 Å². The molecule has 158 valence electrons. The molecule has 1 aromatic heterocycles. The van der Waals surface area contributed by atoms with Gasteiger partial charge in [0, 0.05) is 41.1 Å². The number of amides is 1. The number of nitrogens with one attached hydrogen (secondary N) is 2. The van der Waals surface area contributed by atoms with Crippen LogP contribution in [0.4, 0.5) is 5.69 Å². The Balaban J connectivity index is 2.09. The van der Waals surface area contributed by atoms with Crippen molar-refractivity contribution in [2.75, 3.05) is 4.72 Å². The van der Waals surface area contributed by atoms with Gasteiger partial charge in [-0.15, -0.1) is 11.3 Å². The molecule has 0 spiro atoms. The van der Waals surface area contributed by atoms with Crippen LogP contribution in [-0.2, 0) is 33.7 Å². The summed E-state index contributed by atoms with van der Waals surface area (Å²) in [4.78, 5) is 28.8. The van der Waals surface area contributed by atoms with Crippen molar-refractivity contribution in [2.45, 2.75) is 52.5 Å². The van der Waals surface area contributed by atoms with Crippen LogP contribution >= 0.6 is 11.3 Å². The first-order valence-corrected chi connectivity index (χ1v) is 11.4. The Hall–Kier alpha value is -2.10. The van der Waals surface area contributed by atoms with Crippen LogP contribution in [0.5, 0.6) is 0 Å². The number of benzene rings is 1. The molecule has 1 aromatic carbocycles. The summed E-state index contributed by atoms with van der Waals surface area (Å²) in [7, 11) is 0. The first kappa shape index (κ1) is 23.2. The van der Waals surface area contributed by atoms with E-state index in [-0.39, 0.29) is 36.5 Å². The molecule has 7 nitrogen and oxygen atoms in total. The molecule has 0 bridgehead atoms. The molecule has 2 atom stereocenters. The smallest absolute Gasteiger partial charge is 0.221 e. The van der Waals surface area contributed by atoms with Gasteiger partial charge in [0.05, 0.1) is 11.7 Å². The van der Waals surface area contributed by atoms with E-state index in [4.69, 9.17) is 0 Å². The van der Waals surface area contributed by atoms with Gasteiger partial charge in [0.15, 0.2) is 0 Å². The molecule has 2 rings (SSSR count). The molecule has 0 aliphatic heterocycles. The van der Waals surface area contributed by atoms with E-state index in [1.54, 1.807) is 12.1 Å². The van der Waals surface area contributed by atoms with Crippen LogP contribution in [0.2, 0.25) is 0 Å². The Morgan fingerprint density at radius 1 is 1.21 bits per heavy atom. The fraction of sp³-hybridized carbons (Fsp3) is 0.450. The van der Waals surface area contributed by atoms with Gasteiger partial charge in [-0.3, -0.25) is 13.8 Å². The first-order valence-electron chi connectivity index (χ1n) is 9.49. The zero-order valence-electron chi connectivity index (χ0n) is 16.8. The van der Waals surface area contributed by atoms with Gasteiger partial charge >= 0.3 is 0 Å². The highest BCUT2D eigenvalue weighted by atomic mass is 32.2. The maximum absolute atomic E-state index is 12.4. The third kappa shape index (κ3) is 7.68. The molecule has 2 N–H and O–H groups in total. The summed E-state index contributed by atoms with van der Waals surface area (Å²) >= 11 is -0.875. The molecule has 0 saturated heterocycles. The summed E-state index contributed by atoms with van der Waals surface area (Å²) in [5, 5.41) is 5.80. The van der Waals surface area contributed by atoms with E-state index in [0.29, 0.717) is 12.1 Å². The number of rotatable bonds is 11. The number of ketones is 1. The van der Waals surface area contributed by atoms with Crippen molar-refractivity contribution in [1.82, 2.24) is 10.3 Å². The van der Waals surface area contributed by atoms with E-state index in [1.165, 1.54) is 11.3 Å². The minimum Gasteiger partial charge on any atom is -0.755 e. The fourth-order valence-electron chi connectivity index (χ4n) is 2.68. The van der Waals surface area contributed by atoms with Crippen molar-refractivity contribution in [1.29, 1.82) is 0 Å². The van der Waals surface area contributed by atoms with E-state index in [2.05, 4.69) is 15.0 Å². The topological polar surface area (TPSA) is 111 Å². The average molecular weight is 437 g/mol. The quantitative estimate of drug-likeness (QED) is 0.525. The Kier molecular flexibility index (Phi) is 8.94. The van der Waals surface area contributed by atoms with E-state index < -0.39 is 11.3 Å². The largest absolute Gasteiger partial charge is 0.755 e. The van der Waals surface area contributed by atoms with Crippen LogP contribution in [0.25, 0.3) is 0 Å². The lowest BCUT2D eigenvalue weighted by Crippen LogP contribution is -2.30. The molecule has 9 heteroatoms. The van der Waals surface area contributed by atoms with Gasteiger partial charge in [0.2, 0.25) is 5.91 Å². The van der Waals surface area contributed by atoms with Crippen LogP contribution in [-0.4, -0.2) is 25.4 Å². The molecule has 29 heavy (non-hydrogen) atoms. The molecule has 0 fully saturated rings. The second-order valence-corrected chi connectivity index (χ2v) is 8.57. The molecule has 1 amide bonds. The number of aryl methyl sites for hydroxylation is 1. The third-order valence-corrected chi connectivity index (χ3v) is 5.81. The lowest BCUT2D eigenvalue weighted by Gasteiger charge is -2.17. The third-order valence-electron chi connectivity index (χ3n) is 4.40. The van der Waals surface area contributed by atoms with Crippen molar-refractivity contribution in [2.24, 2.45) is 5.92 Å². The standard InChI is InChI=1S/C20H27N3O4S2/c1-4-15-12-28-20(21-15)17(22-19(25)10-9-18(24)13(2)3)11-14-5-7-16(8-6-14)23-29(26)27/h5-8,12-13,17,23H,4,9-11H2,1-3H3,(H,22,25)(H,26,27)/p-1/t17-/m0/s1. The number of hydrogen-bond donors (Lipinski definition) is 2. The molecule has 1 unspecified atom stereocenters. The maximum atomic E-state index is 12.4. The normalized spacial score (nSPS) is 13.1. The van der Waals surface area contributed by atoms with Gasteiger partial charge in [0.25, 0.3) is 0 Å². The van der Waals surface area contributed by atoms with Crippen molar-refractivity contribution in [3.05, 3.63) is 45.9 Å². The summed E-state index contributed by atoms with van der Waals surface area (Å²) < 4.78 is 23.8. The molecular formula is C20H26N3O4S2-. The maximum Gasteiger partial charge on any atom is 0.221 e. The number of thiazole rings is 1. The minimum absolute atomic E-state index is 0.0677. The van der Waals surface area contributed by atoms with E-state index in [0.717, 1.165) is 22.7 Å². The highest BCUT2D eigenvalue weighted by Gasteiger charge is 2.20. The lowest BCUT2D eigenvalue weighted by molar-refractivity contribution is -0.127. The molecule has 0 aliphatic rings. The van der Waals surface area contributed by atoms with Crippen LogP contribution in [0, 0.1) is 5.92 Å². The summed E-state index contributed by atoms with van der Waals surface area (Å²) in [6.07, 6.45) is 1.70. The summed E-state index contributed by atoms with van der Waals surface area (Å²) in [5.74, 6) is -0.199. The Morgan fingerprint density at radius 3 is 2.45 bits per heavy atom. The van der Waals surface area contributed by atoms with Gasteiger partial charge in [-0.2, -0.15) is 0 Å². The van der Waals surface area contributed by atoms with Crippen LogP contribution in [0.3, 0.4) is 0 Å². The minimum atomic E-state index is -2.37. The average Bonchev–Trinajstić information content (AvgIpc) is 3.15. The number of aromatic nitrogens is 1. The molecule has 0 aliphatic carbocycles. The van der Waals surface area contributed by atoms with Crippen molar-refractivity contribution < 1.29 is 18.4 Å². The molecule has 0 saturated carbocycles. The Labute approximate surface area is 177 Å². The van der Waals surface area contributed by atoms with E-state index in [1.807, 2.05) is 38.3 Å². The first-order chi connectivity index (χ1) is 13.8. The number of hydrogen-bond acceptors (Lipinski definition) is 6. The van der Waals surface area contributed by atoms with Gasteiger partial charge in [-0.1, -0.05) is 32.9 Å². The fourth-order valence-corrected chi connectivity index (χ4v) is 3.96. The van der Waals surface area contributed by atoms with Crippen molar-refractivity contribution in [3.63, 3.8) is 0 Å². The molecule has 0 radical (unpaired) electrons. The molecule has 1 heterocycles. The van der Waals surface area contributed by atoms with Crippen molar-refractivity contribution in [3.8, 4) is 0 Å². The van der Waals surface area contributed by atoms with E-state index in [9.17, 15) is 18.4 Å². The summed E-state index contributed by atoms with van der Waals surface area (Å²) in [5.41, 5.74) is 2.37. The monoisotopic (exact) mass is 436 g/mol. The van der Waals surface area contributed by atoms with E-state index >= 15 is 0 Å². The highest BCUT2D eigenvalue weighted by Crippen LogP contribution is 2.24. The second kappa shape index (κ2) is 11.2. The number of carbonyl (C=O) groups excluding carboxylic acids is 2. The van der Waals surface area contributed by atoms with Gasteiger partial charge in [-0.05, 0) is 30.5 Å². The van der Waals surface area contributed by atoms with Crippen LogP contribution in [0.1, 0.15) is 55.9 Å². The predicted octanol–water partition coefficient (Wildman–Crippen LogP) is 3.32. The number of carbonyl (C=O) groups is 2. The lowest BCUT2D eigenvalue weighted by atomic mass is 10.0. The molecule has 2 aromatic rings. The SMILES string of the molecule is CCc1csc([C@H](Cc2ccc(NS(=O)[O-])cc2)NC(=O)CCC(=O)C(C)C)n1. The number of anilines is 1. The van der Waals surface area contributed by atoms with Gasteiger partial charge in [-0.25, -0.2) is 4.98 Å². The van der Waals surface area contributed by atoms with Crippen LogP contribution in [0.15, 0.2) is 29.6 Å². The van der Waals surface area contributed by atoms with Crippen LogP contribution < -0.4 is 10.0 Å². The predicted molar refractivity (Wildman–Crippen MR) is 114 cm³/mol. The summed E-state index contributed by atoms with van der Waals surface area (Å²) in [6.45, 7) is 5.67. The number of nitrogens with zero attached hydrogens (tertiary/aromatic N) is 1. The van der Waals surface area contributed by atoms with Crippen molar-refractivity contribution >= 4 is 40.0 Å². The zero-order valence-corrected chi connectivity index (χ0v) is 18.4. The summed E-state index contributed by atoms with van der Waals surface area (Å²) in [6, 6.07) is 6.65. The molecular weight excluding hydrogens is 410 g/mol. The highest BCUT2D eigenvalue weighted by molar-refractivity contribution is 7.80.